The summed E-state index contributed by atoms with van der Waals surface area (Å²) < 4.78 is 30.3. The molecule has 0 saturated carbocycles. The molecule has 8 heteroatoms. The topological polar surface area (TPSA) is 81.2 Å². The second-order valence-corrected chi connectivity index (χ2v) is 9.79. The Balaban J connectivity index is 0.00000280. The molecule has 28 heavy (non-hydrogen) atoms. The Morgan fingerprint density at radius 1 is 1.18 bits per heavy atom. The van der Waals surface area contributed by atoms with E-state index in [2.05, 4.69) is 31.1 Å². The summed E-state index contributed by atoms with van der Waals surface area (Å²) in [6, 6.07) is 10.1. The third kappa shape index (κ3) is 4.27. The third-order valence-corrected chi connectivity index (χ3v) is 7.47. The highest BCUT2D eigenvalue weighted by Gasteiger charge is 2.41. The second-order valence-electron chi connectivity index (χ2n) is 7.91. The van der Waals surface area contributed by atoms with Gasteiger partial charge in [0.1, 0.15) is 4.90 Å². The van der Waals surface area contributed by atoms with Gasteiger partial charge in [0.25, 0.3) is 0 Å². The van der Waals surface area contributed by atoms with Gasteiger partial charge in [-0.1, -0.05) is 44.2 Å². The van der Waals surface area contributed by atoms with Crippen LogP contribution in [0, 0.1) is 25.7 Å². The first-order chi connectivity index (χ1) is 12.8. The number of hydrogen-bond acceptors (Lipinski definition) is 4. The lowest BCUT2D eigenvalue weighted by Gasteiger charge is -2.17. The molecular weight excluding hydrogens is 396 g/mol. The number of halogens is 1. The van der Waals surface area contributed by atoms with Crippen molar-refractivity contribution in [2.75, 3.05) is 19.6 Å². The lowest BCUT2D eigenvalue weighted by atomic mass is 9.89. The van der Waals surface area contributed by atoms with E-state index in [-0.39, 0.29) is 24.2 Å². The number of hydrogen-bond donors (Lipinski definition) is 1. The van der Waals surface area contributed by atoms with Crippen LogP contribution in [0.4, 0.5) is 0 Å². The van der Waals surface area contributed by atoms with Gasteiger partial charge in [-0.2, -0.15) is 9.40 Å². The summed E-state index contributed by atoms with van der Waals surface area (Å²) in [5.74, 6) is 0.639. The van der Waals surface area contributed by atoms with Crippen molar-refractivity contribution in [2.45, 2.75) is 45.1 Å². The minimum absolute atomic E-state index is 0. The average molecular weight is 427 g/mol. The SMILES string of the molecule is Cc1nn(CC(C)C)c(C)c1S(=O)(=O)N1C[C@@H](CN)[C@H](c2ccccc2)C1.Cl. The fourth-order valence-corrected chi connectivity index (χ4v) is 5.95. The van der Waals surface area contributed by atoms with Crippen molar-refractivity contribution in [1.29, 1.82) is 0 Å². The number of nitrogens with zero attached hydrogens (tertiary/aromatic N) is 3. The smallest absolute Gasteiger partial charge is 0.246 e. The summed E-state index contributed by atoms with van der Waals surface area (Å²) in [5.41, 5.74) is 8.42. The summed E-state index contributed by atoms with van der Waals surface area (Å²) in [6.07, 6.45) is 0. The predicted molar refractivity (Wildman–Crippen MR) is 114 cm³/mol. The Kier molecular flexibility index (Phi) is 7.31. The van der Waals surface area contributed by atoms with E-state index in [0.29, 0.717) is 48.4 Å². The molecule has 0 bridgehead atoms. The van der Waals surface area contributed by atoms with E-state index < -0.39 is 10.0 Å². The van der Waals surface area contributed by atoms with E-state index in [1.54, 1.807) is 11.2 Å². The molecule has 0 amide bonds. The molecule has 156 valence electrons. The molecule has 2 N–H and O–H groups in total. The molecule has 1 aromatic carbocycles. The molecule has 0 aliphatic carbocycles. The quantitative estimate of drug-likeness (QED) is 0.769. The molecule has 1 aliphatic rings. The normalized spacial score (nSPS) is 20.5. The standard InChI is InChI=1S/C20H30N4O2S.ClH/c1-14(2)11-24-16(4)20(15(3)22-24)27(25,26)23-12-18(10-21)19(13-23)17-8-6-5-7-9-17;/h5-9,14,18-19H,10-13,21H2,1-4H3;1H/t18-,19+;/m1./s1. The van der Waals surface area contributed by atoms with Crippen LogP contribution in [-0.4, -0.2) is 42.1 Å². The highest BCUT2D eigenvalue weighted by atomic mass is 35.5. The Morgan fingerprint density at radius 3 is 2.39 bits per heavy atom. The summed E-state index contributed by atoms with van der Waals surface area (Å²) in [7, 11) is -3.60. The van der Waals surface area contributed by atoms with Crippen LogP contribution >= 0.6 is 12.4 Å². The van der Waals surface area contributed by atoms with Gasteiger partial charge < -0.3 is 5.73 Å². The lowest BCUT2D eigenvalue weighted by molar-refractivity contribution is 0.455. The van der Waals surface area contributed by atoms with Crippen molar-refractivity contribution in [3.05, 3.63) is 47.3 Å². The van der Waals surface area contributed by atoms with E-state index >= 15 is 0 Å². The van der Waals surface area contributed by atoms with Gasteiger partial charge in [-0.05, 0) is 37.8 Å². The van der Waals surface area contributed by atoms with E-state index in [4.69, 9.17) is 5.73 Å². The number of nitrogens with two attached hydrogens (primary N) is 1. The molecule has 2 aromatic rings. The van der Waals surface area contributed by atoms with Gasteiger partial charge in [-0.25, -0.2) is 8.42 Å². The summed E-state index contributed by atoms with van der Waals surface area (Å²) in [4.78, 5) is 0.354. The van der Waals surface area contributed by atoms with Crippen LogP contribution < -0.4 is 5.73 Å². The fourth-order valence-electron chi connectivity index (χ4n) is 4.05. The largest absolute Gasteiger partial charge is 0.330 e. The monoisotopic (exact) mass is 426 g/mol. The first-order valence-electron chi connectivity index (χ1n) is 9.54. The molecule has 0 unspecified atom stereocenters. The number of benzene rings is 1. The zero-order chi connectivity index (χ0) is 19.8. The highest BCUT2D eigenvalue weighted by molar-refractivity contribution is 7.89. The van der Waals surface area contributed by atoms with Crippen LogP contribution in [0.2, 0.25) is 0 Å². The molecule has 1 saturated heterocycles. The van der Waals surface area contributed by atoms with Crippen LogP contribution in [0.25, 0.3) is 0 Å². The minimum Gasteiger partial charge on any atom is -0.330 e. The summed E-state index contributed by atoms with van der Waals surface area (Å²) in [6.45, 7) is 9.91. The van der Waals surface area contributed by atoms with Gasteiger partial charge >= 0.3 is 0 Å². The first-order valence-corrected chi connectivity index (χ1v) is 11.0. The van der Waals surface area contributed by atoms with Crippen LogP contribution in [0.5, 0.6) is 0 Å². The maximum atomic E-state index is 13.4. The first kappa shape index (κ1) is 22.9. The molecule has 1 aliphatic heterocycles. The van der Waals surface area contributed by atoms with Gasteiger partial charge in [0, 0.05) is 25.6 Å². The number of aryl methyl sites for hydroxylation is 1. The van der Waals surface area contributed by atoms with Crippen molar-refractivity contribution in [3.63, 3.8) is 0 Å². The van der Waals surface area contributed by atoms with Gasteiger partial charge in [0.05, 0.1) is 11.4 Å². The second kappa shape index (κ2) is 8.95. The van der Waals surface area contributed by atoms with E-state index in [1.165, 1.54) is 0 Å². The van der Waals surface area contributed by atoms with Crippen LogP contribution in [0.15, 0.2) is 35.2 Å². The predicted octanol–water partition coefficient (Wildman–Crippen LogP) is 2.94. The van der Waals surface area contributed by atoms with E-state index in [9.17, 15) is 8.42 Å². The van der Waals surface area contributed by atoms with Crippen molar-refractivity contribution < 1.29 is 8.42 Å². The van der Waals surface area contributed by atoms with Crippen molar-refractivity contribution in [3.8, 4) is 0 Å². The van der Waals surface area contributed by atoms with Crippen molar-refractivity contribution in [1.82, 2.24) is 14.1 Å². The zero-order valence-electron chi connectivity index (χ0n) is 17.0. The Morgan fingerprint density at radius 2 is 1.82 bits per heavy atom. The Labute approximate surface area is 174 Å². The molecule has 3 rings (SSSR count). The number of aromatic nitrogens is 2. The molecule has 2 atom stereocenters. The fraction of sp³-hybridized carbons (Fsp3) is 0.550. The number of rotatable bonds is 6. The lowest BCUT2D eigenvalue weighted by Crippen LogP contribution is -2.30. The summed E-state index contributed by atoms with van der Waals surface area (Å²) >= 11 is 0. The van der Waals surface area contributed by atoms with Crippen LogP contribution in [0.3, 0.4) is 0 Å². The van der Waals surface area contributed by atoms with Crippen LogP contribution in [0.1, 0.15) is 36.7 Å². The molecule has 1 aromatic heterocycles. The van der Waals surface area contributed by atoms with Gasteiger partial charge in [0.15, 0.2) is 0 Å². The van der Waals surface area contributed by atoms with Crippen LogP contribution in [-0.2, 0) is 16.6 Å². The molecule has 1 fully saturated rings. The van der Waals surface area contributed by atoms with E-state index in [1.807, 2.05) is 29.8 Å². The third-order valence-electron chi connectivity index (χ3n) is 5.39. The molecule has 0 spiro atoms. The zero-order valence-corrected chi connectivity index (χ0v) is 18.6. The van der Waals surface area contributed by atoms with Gasteiger partial charge in [-0.3, -0.25) is 4.68 Å². The Hall–Kier alpha value is -1.41. The van der Waals surface area contributed by atoms with E-state index in [0.717, 1.165) is 5.56 Å². The molecule has 0 radical (unpaired) electrons. The van der Waals surface area contributed by atoms with Gasteiger partial charge in [-0.15, -0.1) is 12.4 Å². The van der Waals surface area contributed by atoms with Crippen molar-refractivity contribution in [2.24, 2.45) is 17.6 Å². The highest BCUT2D eigenvalue weighted by Crippen LogP contribution is 2.36. The van der Waals surface area contributed by atoms with Crippen molar-refractivity contribution >= 4 is 22.4 Å². The number of sulfonamides is 1. The summed E-state index contributed by atoms with van der Waals surface area (Å²) in [5, 5.41) is 4.49. The molecule has 6 nitrogen and oxygen atoms in total. The maximum Gasteiger partial charge on any atom is 0.246 e. The molecule has 2 heterocycles. The maximum absolute atomic E-state index is 13.4. The minimum atomic E-state index is -3.60. The molecular formula is C20H31ClN4O2S. The average Bonchev–Trinajstić information content (AvgIpc) is 3.17. The van der Waals surface area contributed by atoms with Gasteiger partial charge in [0.2, 0.25) is 10.0 Å². The Bertz CT molecular complexity index is 896.